The molecule has 2 rings (SSSR count). The maximum atomic E-state index is 9.18. The number of aliphatic imine (C=N–C) groups is 1. The van der Waals surface area contributed by atoms with E-state index in [0.29, 0.717) is 22.0 Å². The summed E-state index contributed by atoms with van der Waals surface area (Å²) in [6, 6.07) is 16.3. The highest BCUT2D eigenvalue weighted by Gasteiger charge is 2.03. The highest BCUT2D eigenvalue weighted by Crippen LogP contribution is 2.19. The SMILES string of the molecule is COc1ccc(/N=C(\C#N)c2cccc(Cl)c2)cc1. The maximum Gasteiger partial charge on any atom is 0.148 e. The second kappa shape index (κ2) is 6.03. The lowest BCUT2D eigenvalue weighted by atomic mass is 10.1. The Kier molecular flexibility index (Phi) is 4.17. The average molecular weight is 271 g/mol. The molecule has 0 saturated heterocycles. The van der Waals surface area contributed by atoms with Crippen molar-refractivity contribution in [3.05, 3.63) is 59.1 Å². The van der Waals surface area contributed by atoms with Crippen molar-refractivity contribution in [2.24, 2.45) is 4.99 Å². The summed E-state index contributed by atoms with van der Waals surface area (Å²) in [5, 5.41) is 9.76. The van der Waals surface area contributed by atoms with Crippen LogP contribution in [0.15, 0.2) is 53.5 Å². The van der Waals surface area contributed by atoms with Crippen molar-refractivity contribution in [1.82, 2.24) is 0 Å². The van der Waals surface area contributed by atoms with E-state index in [9.17, 15) is 5.26 Å². The fourth-order valence-electron chi connectivity index (χ4n) is 1.58. The number of benzene rings is 2. The molecular formula is C15H11ClN2O. The quantitative estimate of drug-likeness (QED) is 0.792. The van der Waals surface area contributed by atoms with Crippen LogP contribution in [0.4, 0.5) is 5.69 Å². The van der Waals surface area contributed by atoms with Crippen LogP contribution in [-0.2, 0) is 0 Å². The van der Waals surface area contributed by atoms with Gasteiger partial charge in [0.15, 0.2) is 0 Å². The van der Waals surface area contributed by atoms with Crippen molar-refractivity contribution >= 4 is 23.0 Å². The third-order valence-electron chi connectivity index (χ3n) is 2.52. The number of nitriles is 1. The molecule has 19 heavy (non-hydrogen) atoms. The molecule has 2 aromatic carbocycles. The minimum atomic E-state index is 0.327. The molecule has 2 aromatic rings. The van der Waals surface area contributed by atoms with E-state index in [1.54, 1.807) is 55.6 Å². The summed E-state index contributed by atoms with van der Waals surface area (Å²) >= 11 is 5.91. The van der Waals surface area contributed by atoms with Gasteiger partial charge < -0.3 is 4.74 Å². The summed E-state index contributed by atoms with van der Waals surface area (Å²) < 4.78 is 5.07. The van der Waals surface area contributed by atoms with Crippen molar-refractivity contribution in [2.75, 3.05) is 7.11 Å². The predicted molar refractivity (Wildman–Crippen MR) is 76.3 cm³/mol. The van der Waals surface area contributed by atoms with Crippen LogP contribution in [0.2, 0.25) is 5.02 Å². The van der Waals surface area contributed by atoms with Gasteiger partial charge in [0.25, 0.3) is 0 Å². The molecule has 4 heteroatoms. The minimum absolute atomic E-state index is 0.327. The Balaban J connectivity index is 2.36. The average Bonchev–Trinajstić information content (AvgIpc) is 2.45. The zero-order valence-electron chi connectivity index (χ0n) is 10.3. The van der Waals surface area contributed by atoms with Crippen molar-refractivity contribution in [2.45, 2.75) is 0 Å². The summed E-state index contributed by atoms with van der Waals surface area (Å²) in [4.78, 5) is 4.31. The van der Waals surface area contributed by atoms with Gasteiger partial charge in [-0.05, 0) is 36.4 Å². The fraction of sp³-hybridized carbons (Fsp3) is 0.0667. The highest BCUT2D eigenvalue weighted by atomic mass is 35.5. The van der Waals surface area contributed by atoms with Crippen molar-refractivity contribution in [1.29, 1.82) is 5.26 Å². The van der Waals surface area contributed by atoms with Crippen molar-refractivity contribution in [3.63, 3.8) is 0 Å². The van der Waals surface area contributed by atoms with Gasteiger partial charge in [0, 0.05) is 10.6 Å². The van der Waals surface area contributed by atoms with E-state index >= 15 is 0 Å². The Labute approximate surface area is 116 Å². The van der Waals surface area contributed by atoms with Crippen LogP contribution in [0.5, 0.6) is 5.75 Å². The summed E-state index contributed by atoms with van der Waals surface area (Å²) in [6.45, 7) is 0. The van der Waals surface area contributed by atoms with Crippen LogP contribution in [0, 0.1) is 11.3 Å². The smallest absolute Gasteiger partial charge is 0.148 e. The molecule has 0 aromatic heterocycles. The summed E-state index contributed by atoms with van der Waals surface area (Å²) in [7, 11) is 1.60. The predicted octanol–water partition coefficient (Wildman–Crippen LogP) is 3.99. The number of halogens is 1. The van der Waals surface area contributed by atoms with Gasteiger partial charge in [-0.15, -0.1) is 0 Å². The van der Waals surface area contributed by atoms with Crippen LogP contribution >= 0.6 is 11.6 Å². The third kappa shape index (κ3) is 3.34. The fourth-order valence-corrected chi connectivity index (χ4v) is 1.77. The van der Waals surface area contributed by atoms with Gasteiger partial charge in [-0.2, -0.15) is 5.26 Å². The standard InChI is InChI=1S/C15H11ClN2O/c1-19-14-7-5-13(6-8-14)18-15(10-17)11-3-2-4-12(16)9-11/h2-9H,1H3/b18-15+. The Morgan fingerprint density at radius 1 is 1.21 bits per heavy atom. The molecule has 0 aliphatic rings. The monoisotopic (exact) mass is 270 g/mol. The first kappa shape index (κ1) is 13.1. The molecule has 0 spiro atoms. The third-order valence-corrected chi connectivity index (χ3v) is 2.75. The molecule has 0 aliphatic heterocycles. The molecule has 0 aliphatic carbocycles. The molecule has 0 fully saturated rings. The van der Waals surface area contributed by atoms with Crippen molar-refractivity contribution in [3.8, 4) is 11.8 Å². The first-order valence-electron chi connectivity index (χ1n) is 5.61. The van der Waals surface area contributed by atoms with Gasteiger partial charge in [0.1, 0.15) is 17.5 Å². The topological polar surface area (TPSA) is 45.4 Å². The zero-order chi connectivity index (χ0) is 13.7. The van der Waals surface area contributed by atoms with E-state index in [0.717, 1.165) is 5.75 Å². The van der Waals surface area contributed by atoms with Crippen LogP contribution in [-0.4, -0.2) is 12.8 Å². The molecule has 94 valence electrons. The Bertz CT molecular complexity index is 642. The Hall–Kier alpha value is -2.31. The summed E-state index contributed by atoms with van der Waals surface area (Å²) in [5.74, 6) is 0.750. The van der Waals surface area contributed by atoms with Crippen LogP contribution in [0.1, 0.15) is 5.56 Å². The molecule has 0 bridgehead atoms. The zero-order valence-corrected chi connectivity index (χ0v) is 11.1. The molecule has 0 radical (unpaired) electrons. The lowest BCUT2D eigenvalue weighted by molar-refractivity contribution is 0.415. The van der Waals surface area contributed by atoms with E-state index in [2.05, 4.69) is 11.1 Å². The molecule has 0 atom stereocenters. The van der Waals surface area contributed by atoms with E-state index in [4.69, 9.17) is 16.3 Å². The van der Waals surface area contributed by atoms with Crippen molar-refractivity contribution < 1.29 is 4.74 Å². The largest absolute Gasteiger partial charge is 0.497 e. The normalized spacial score (nSPS) is 10.9. The first-order chi connectivity index (χ1) is 9.22. The number of ether oxygens (including phenoxy) is 1. The highest BCUT2D eigenvalue weighted by molar-refractivity contribution is 6.31. The number of rotatable bonds is 3. The molecule has 0 saturated carbocycles. The number of methoxy groups -OCH3 is 1. The Morgan fingerprint density at radius 2 is 1.95 bits per heavy atom. The van der Waals surface area contributed by atoms with Gasteiger partial charge in [0.05, 0.1) is 12.8 Å². The number of hydrogen-bond donors (Lipinski definition) is 0. The summed E-state index contributed by atoms with van der Waals surface area (Å²) in [6.07, 6.45) is 0. The lowest BCUT2D eigenvalue weighted by Gasteiger charge is -2.01. The second-order valence-electron chi connectivity index (χ2n) is 3.78. The van der Waals surface area contributed by atoms with Gasteiger partial charge in [-0.25, -0.2) is 4.99 Å². The lowest BCUT2D eigenvalue weighted by Crippen LogP contribution is -1.96. The molecule has 3 nitrogen and oxygen atoms in total. The molecule has 0 amide bonds. The van der Waals surface area contributed by atoms with E-state index in [1.807, 2.05) is 0 Å². The van der Waals surface area contributed by atoms with Gasteiger partial charge in [-0.1, -0.05) is 23.7 Å². The van der Waals surface area contributed by atoms with E-state index in [1.165, 1.54) is 0 Å². The van der Waals surface area contributed by atoms with Gasteiger partial charge >= 0.3 is 0 Å². The first-order valence-corrected chi connectivity index (χ1v) is 5.99. The van der Waals surface area contributed by atoms with Crippen LogP contribution in [0.25, 0.3) is 0 Å². The van der Waals surface area contributed by atoms with Crippen LogP contribution < -0.4 is 4.74 Å². The van der Waals surface area contributed by atoms with E-state index in [-0.39, 0.29) is 0 Å². The molecular weight excluding hydrogens is 260 g/mol. The molecule has 0 unspecified atom stereocenters. The van der Waals surface area contributed by atoms with Crippen LogP contribution in [0.3, 0.4) is 0 Å². The van der Waals surface area contributed by atoms with E-state index < -0.39 is 0 Å². The molecule has 0 N–H and O–H groups in total. The maximum absolute atomic E-state index is 9.18. The number of hydrogen-bond acceptors (Lipinski definition) is 3. The second-order valence-corrected chi connectivity index (χ2v) is 4.22. The Morgan fingerprint density at radius 3 is 2.53 bits per heavy atom. The number of nitrogens with zero attached hydrogens (tertiary/aromatic N) is 2. The van der Waals surface area contributed by atoms with Gasteiger partial charge in [0.2, 0.25) is 0 Å². The summed E-state index contributed by atoms with van der Waals surface area (Å²) in [5.41, 5.74) is 1.72. The van der Waals surface area contributed by atoms with Gasteiger partial charge in [-0.3, -0.25) is 0 Å². The molecule has 0 heterocycles. The minimum Gasteiger partial charge on any atom is -0.497 e.